The minimum atomic E-state index is -1.27. The average Bonchev–Trinajstić information content (AvgIpc) is 2.94. The largest absolute Gasteiger partial charge is 0.422 e. The molecule has 27 heavy (non-hydrogen) atoms. The molecule has 0 unspecified atom stereocenters. The predicted molar refractivity (Wildman–Crippen MR) is 98.7 cm³/mol. The molecule has 0 saturated carbocycles. The molecule has 0 bridgehead atoms. The molecule has 1 aliphatic heterocycles. The van der Waals surface area contributed by atoms with Crippen LogP contribution in [0.25, 0.3) is 0 Å². The number of cyclic esters (lactones) is 2. The van der Waals surface area contributed by atoms with Crippen LogP contribution < -0.4 is 0 Å². The highest BCUT2D eigenvalue weighted by Crippen LogP contribution is 2.27. The summed E-state index contributed by atoms with van der Waals surface area (Å²) in [6.07, 6.45) is 0.100. The zero-order valence-electron chi connectivity index (χ0n) is 14.7. The van der Waals surface area contributed by atoms with E-state index < -0.39 is 23.6 Å². The Morgan fingerprint density at radius 1 is 1.04 bits per heavy atom. The molecule has 1 aromatic carbocycles. The molecule has 1 aromatic heterocycles. The van der Waals surface area contributed by atoms with Gasteiger partial charge in [-0.2, -0.15) is 0 Å². The molecule has 0 amide bonds. The van der Waals surface area contributed by atoms with Gasteiger partial charge in [-0.25, -0.2) is 0 Å². The van der Waals surface area contributed by atoms with E-state index in [1.165, 1.54) is 13.8 Å². The van der Waals surface area contributed by atoms with Crippen molar-refractivity contribution in [1.29, 1.82) is 0 Å². The van der Waals surface area contributed by atoms with E-state index in [0.717, 1.165) is 0 Å². The number of hydrogen-bond acceptors (Lipinski definition) is 5. The summed E-state index contributed by atoms with van der Waals surface area (Å²) < 4.78 is 11.8. The van der Waals surface area contributed by atoms with Gasteiger partial charge in [-0.05, 0) is 42.8 Å². The van der Waals surface area contributed by atoms with Crippen molar-refractivity contribution < 1.29 is 23.9 Å². The molecular weight excluding hydrogens is 393 g/mol. The number of carbonyl (C=O) groups excluding carboxylic acids is 3. The molecule has 0 radical (unpaired) electrons. The smallest absolute Gasteiger partial charge is 0.323 e. The predicted octanol–water partition coefficient (Wildman–Crippen LogP) is 3.87. The first-order chi connectivity index (χ1) is 12.7. The second-order valence-electron chi connectivity index (χ2n) is 6.61. The Bertz CT molecular complexity index is 881. The van der Waals surface area contributed by atoms with Crippen molar-refractivity contribution in [3.63, 3.8) is 0 Å². The third-order valence-corrected chi connectivity index (χ3v) is 4.75. The zero-order chi connectivity index (χ0) is 19.8. The number of hydrogen-bond donors (Lipinski definition) is 0. The molecule has 2 aromatic rings. The van der Waals surface area contributed by atoms with Crippen molar-refractivity contribution >= 4 is 40.9 Å². The van der Waals surface area contributed by atoms with Crippen molar-refractivity contribution in [1.82, 2.24) is 4.57 Å². The third-order valence-electron chi connectivity index (χ3n) is 4.17. The number of aromatic nitrogens is 1. The molecule has 2 heterocycles. The van der Waals surface area contributed by atoms with Crippen molar-refractivity contribution in [2.45, 2.75) is 32.6 Å². The van der Waals surface area contributed by atoms with Gasteiger partial charge < -0.3 is 14.0 Å². The summed E-state index contributed by atoms with van der Waals surface area (Å²) in [5.74, 6) is -3.87. The van der Waals surface area contributed by atoms with E-state index in [0.29, 0.717) is 21.4 Å². The Balaban J connectivity index is 1.78. The summed E-state index contributed by atoms with van der Waals surface area (Å²) >= 11 is 12.1. The van der Waals surface area contributed by atoms with Gasteiger partial charge in [0.1, 0.15) is 5.15 Å². The standard InChI is InChI=1S/C19H17Cl2NO5/c1-19(2)26-17(24)13(18(25)27-19)9-10-22-14(7-8-15(22)21)16(23)11-3-5-12(20)6-4-11/h3-8,13H,9-10H2,1-2H3. The van der Waals surface area contributed by atoms with Gasteiger partial charge in [0.15, 0.2) is 5.92 Å². The van der Waals surface area contributed by atoms with Crippen LogP contribution in [0.3, 0.4) is 0 Å². The molecule has 0 spiro atoms. The fourth-order valence-electron chi connectivity index (χ4n) is 2.86. The number of ketones is 1. The van der Waals surface area contributed by atoms with Gasteiger partial charge >= 0.3 is 11.9 Å². The first-order valence-corrected chi connectivity index (χ1v) is 9.04. The number of ether oxygens (including phenoxy) is 2. The van der Waals surface area contributed by atoms with Crippen LogP contribution in [0.2, 0.25) is 10.2 Å². The highest BCUT2D eigenvalue weighted by atomic mass is 35.5. The summed E-state index contributed by atoms with van der Waals surface area (Å²) in [6.45, 7) is 3.16. The number of halogens is 2. The second kappa shape index (κ2) is 7.37. The quantitative estimate of drug-likeness (QED) is 0.425. The zero-order valence-corrected chi connectivity index (χ0v) is 16.2. The SMILES string of the molecule is CC1(C)OC(=O)C(CCn2c(Cl)ccc2C(=O)c2ccc(Cl)cc2)C(=O)O1. The molecule has 0 aliphatic carbocycles. The minimum absolute atomic E-state index is 0.100. The molecule has 1 fully saturated rings. The molecule has 1 aliphatic rings. The van der Waals surface area contributed by atoms with E-state index in [-0.39, 0.29) is 18.7 Å². The van der Waals surface area contributed by atoms with Crippen molar-refractivity contribution in [2.24, 2.45) is 5.92 Å². The maximum atomic E-state index is 12.8. The van der Waals surface area contributed by atoms with Crippen LogP contribution in [0.1, 0.15) is 36.3 Å². The van der Waals surface area contributed by atoms with E-state index in [9.17, 15) is 14.4 Å². The van der Waals surface area contributed by atoms with E-state index in [1.54, 1.807) is 41.0 Å². The van der Waals surface area contributed by atoms with Crippen LogP contribution in [0.5, 0.6) is 0 Å². The van der Waals surface area contributed by atoms with Gasteiger partial charge in [0.05, 0.1) is 5.69 Å². The molecule has 8 heteroatoms. The Kier molecular flexibility index (Phi) is 5.31. The lowest BCUT2D eigenvalue weighted by Crippen LogP contribution is -2.46. The maximum absolute atomic E-state index is 12.8. The third kappa shape index (κ3) is 4.17. The van der Waals surface area contributed by atoms with Gasteiger partial charge in [-0.1, -0.05) is 23.2 Å². The van der Waals surface area contributed by atoms with Crippen LogP contribution in [0.4, 0.5) is 0 Å². The van der Waals surface area contributed by atoms with E-state index in [1.807, 2.05) is 0 Å². The molecule has 142 valence electrons. The summed E-state index contributed by atoms with van der Waals surface area (Å²) in [6, 6.07) is 9.67. The van der Waals surface area contributed by atoms with E-state index in [4.69, 9.17) is 32.7 Å². The summed E-state index contributed by atoms with van der Waals surface area (Å²) in [7, 11) is 0. The fourth-order valence-corrected chi connectivity index (χ4v) is 3.22. The van der Waals surface area contributed by atoms with E-state index >= 15 is 0 Å². The summed E-state index contributed by atoms with van der Waals surface area (Å²) in [5.41, 5.74) is 0.800. The van der Waals surface area contributed by atoms with E-state index in [2.05, 4.69) is 0 Å². The first-order valence-electron chi connectivity index (χ1n) is 8.29. The summed E-state index contributed by atoms with van der Waals surface area (Å²) in [5, 5.41) is 0.849. The maximum Gasteiger partial charge on any atom is 0.323 e. The van der Waals surface area contributed by atoms with Gasteiger partial charge in [0.2, 0.25) is 5.78 Å². The lowest BCUT2D eigenvalue weighted by atomic mass is 10.0. The Morgan fingerprint density at radius 2 is 1.63 bits per heavy atom. The summed E-state index contributed by atoms with van der Waals surface area (Å²) in [4.78, 5) is 36.9. The Labute approximate surface area is 166 Å². The topological polar surface area (TPSA) is 74.6 Å². The number of carbonyl (C=O) groups is 3. The monoisotopic (exact) mass is 409 g/mol. The van der Waals surface area contributed by atoms with Crippen LogP contribution in [0.15, 0.2) is 36.4 Å². The highest BCUT2D eigenvalue weighted by Gasteiger charge is 2.42. The van der Waals surface area contributed by atoms with Crippen molar-refractivity contribution in [2.75, 3.05) is 0 Å². The van der Waals surface area contributed by atoms with Crippen molar-refractivity contribution in [3.8, 4) is 0 Å². The number of benzene rings is 1. The lowest BCUT2D eigenvalue weighted by molar-refractivity contribution is -0.240. The van der Waals surface area contributed by atoms with Gasteiger partial charge in [0, 0.05) is 31.0 Å². The molecule has 1 saturated heterocycles. The molecule has 3 rings (SSSR count). The van der Waals surface area contributed by atoms with Gasteiger partial charge in [-0.15, -0.1) is 0 Å². The van der Waals surface area contributed by atoms with Gasteiger partial charge in [0.25, 0.3) is 5.79 Å². The normalized spacial score (nSPS) is 16.7. The highest BCUT2D eigenvalue weighted by molar-refractivity contribution is 6.31. The molecule has 0 N–H and O–H groups in total. The Morgan fingerprint density at radius 3 is 2.22 bits per heavy atom. The molecule has 6 nitrogen and oxygen atoms in total. The van der Waals surface area contributed by atoms with Gasteiger partial charge in [-0.3, -0.25) is 14.4 Å². The lowest BCUT2D eigenvalue weighted by Gasteiger charge is -2.32. The number of nitrogens with zero attached hydrogens (tertiary/aromatic N) is 1. The Hall–Kier alpha value is -2.31. The average molecular weight is 410 g/mol. The van der Waals surface area contributed by atoms with Crippen LogP contribution >= 0.6 is 23.2 Å². The molecule has 0 atom stereocenters. The number of esters is 2. The number of rotatable bonds is 5. The van der Waals surface area contributed by atoms with Crippen LogP contribution in [0, 0.1) is 5.92 Å². The second-order valence-corrected chi connectivity index (χ2v) is 7.44. The molecular formula is C19H17Cl2NO5. The fraction of sp³-hybridized carbons (Fsp3) is 0.316. The van der Waals surface area contributed by atoms with Crippen molar-refractivity contribution in [3.05, 3.63) is 57.8 Å². The van der Waals surface area contributed by atoms with Crippen LogP contribution in [-0.4, -0.2) is 28.1 Å². The van der Waals surface area contributed by atoms with Crippen LogP contribution in [-0.2, 0) is 25.6 Å². The minimum Gasteiger partial charge on any atom is -0.422 e. The first kappa shape index (κ1) is 19.5.